The average Bonchev–Trinajstić information content (AvgIpc) is 2.92. The van der Waals surface area contributed by atoms with Gasteiger partial charge < -0.3 is 11.1 Å². The van der Waals surface area contributed by atoms with E-state index in [1.165, 1.54) is 25.7 Å². The van der Waals surface area contributed by atoms with Crippen molar-refractivity contribution in [3.05, 3.63) is 24.3 Å². The van der Waals surface area contributed by atoms with Crippen molar-refractivity contribution < 1.29 is 4.79 Å². The molecule has 21 heavy (non-hydrogen) atoms. The van der Waals surface area contributed by atoms with E-state index in [2.05, 4.69) is 11.4 Å². The minimum absolute atomic E-state index is 0.109. The Morgan fingerprint density at radius 3 is 2.52 bits per heavy atom. The zero-order valence-electron chi connectivity index (χ0n) is 13.2. The van der Waals surface area contributed by atoms with Gasteiger partial charge in [0.25, 0.3) is 0 Å². The van der Waals surface area contributed by atoms with Crippen LogP contribution in [0.4, 0.5) is 5.69 Å². The molecule has 0 aromatic heterocycles. The Morgan fingerprint density at radius 1 is 1.29 bits per heavy atom. The number of nitrogens with two attached hydrogens (primary N) is 1. The van der Waals surface area contributed by atoms with Crippen molar-refractivity contribution in [2.45, 2.75) is 62.6 Å². The van der Waals surface area contributed by atoms with Crippen molar-refractivity contribution in [2.75, 3.05) is 5.32 Å². The molecule has 1 aromatic carbocycles. The molecule has 1 aromatic rings. The van der Waals surface area contributed by atoms with Crippen LogP contribution in [-0.2, 0) is 4.79 Å². The fourth-order valence-electron chi connectivity index (χ4n) is 2.46. The van der Waals surface area contributed by atoms with Crippen LogP contribution in [0.1, 0.15) is 46.5 Å². The molecular formula is C17H26N2OS. The maximum absolute atomic E-state index is 12.3. The topological polar surface area (TPSA) is 55.1 Å². The third-order valence-electron chi connectivity index (χ3n) is 3.96. The normalized spacial score (nSPS) is 17.7. The second-order valence-corrected chi connectivity index (χ2v) is 8.20. The Hall–Kier alpha value is -1.00. The molecule has 1 saturated carbocycles. The number of rotatable bonds is 4. The second-order valence-electron chi connectivity index (χ2n) is 6.85. The second kappa shape index (κ2) is 6.84. The lowest BCUT2D eigenvalue weighted by Crippen LogP contribution is -2.45. The molecule has 1 aliphatic carbocycles. The Kier molecular flexibility index (Phi) is 5.33. The summed E-state index contributed by atoms with van der Waals surface area (Å²) in [6.45, 7) is 5.95. The van der Waals surface area contributed by atoms with Gasteiger partial charge in [-0.15, -0.1) is 11.8 Å². The van der Waals surface area contributed by atoms with Crippen molar-refractivity contribution in [2.24, 2.45) is 11.1 Å². The molecule has 0 unspecified atom stereocenters. The molecule has 1 fully saturated rings. The highest BCUT2D eigenvalue weighted by Gasteiger charge is 2.28. The molecule has 0 heterocycles. The van der Waals surface area contributed by atoms with Crippen LogP contribution < -0.4 is 11.1 Å². The minimum atomic E-state index is -0.512. The quantitative estimate of drug-likeness (QED) is 0.883. The third kappa shape index (κ3) is 4.48. The molecule has 2 rings (SSSR count). The van der Waals surface area contributed by atoms with Crippen LogP contribution in [0, 0.1) is 5.41 Å². The minimum Gasteiger partial charge on any atom is -0.324 e. The summed E-state index contributed by atoms with van der Waals surface area (Å²) in [6.07, 6.45) is 5.19. The average molecular weight is 306 g/mol. The molecular weight excluding hydrogens is 280 g/mol. The summed E-state index contributed by atoms with van der Waals surface area (Å²) in [4.78, 5) is 13.5. The maximum Gasteiger partial charge on any atom is 0.241 e. The smallest absolute Gasteiger partial charge is 0.241 e. The number of anilines is 1. The van der Waals surface area contributed by atoms with Gasteiger partial charge in [0.2, 0.25) is 5.91 Å². The monoisotopic (exact) mass is 306 g/mol. The molecule has 1 aliphatic rings. The van der Waals surface area contributed by atoms with Crippen LogP contribution in [0.2, 0.25) is 0 Å². The lowest BCUT2D eigenvalue weighted by atomic mass is 9.87. The Bertz CT molecular complexity index is 490. The Morgan fingerprint density at radius 2 is 1.90 bits per heavy atom. The van der Waals surface area contributed by atoms with E-state index < -0.39 is 6.04 Å². The summed E-state index contributed by atoms with van der Waals surface area (Å²) < 4.78 is 0. The van der Waals surface area contributed by atoms with Gasteiger partial charge in [-0.05, 0) is 30.4 Å². The first-order valence-corrected chi connectivity index (χ1v) is 8.58. The summed E-state index contributed by atoms with van der Waals surface area (Å²) in [7, 11) is 0. The van der Waals surface area contributed by atoms with Crippen molar-refractivity contribution in [3.63, 3.8) is 0 Å². The molecule has 0 saturated heterocycles. The molecule has 0 spiro atoms. The van der Waals surface area contributed by atoms with E-state index in [1.807, 2.05) is 50.7 Å². The standard InChI is InChI=1S/C17H26N2OS/c1-17(2,3)15(18)16(20)19-13-10-6-7-11-14(13)21-12-8-4-5-9-12/h6-7,10-12,15H,4-5,8-9,18H2,1-3H3,(H,19,20)/t15-/m0/s1. The van der Waals surface area contributed by atoms with Crippen molar-refractivity contribution in [1.29, 1.82) is 0 Å². The molecule has 4 heteroatoms. The van der Waals surface area contributed by atoms with E-state index in [-0.39, 0.29) is 11.3 Å². The summed E-state index contributed by atoms with van der Waals surface area (Å²) in [6, 6.07) is 7.52. The number of hydrogen-bond donors (Lipinski definition) is 2. The number of amides is 1. The summed E-state index contributed by atoms with van der Waals surface area (Å²) in [5, 5.41) is 3.69. The number of benzene rings is 1. The van der Waals surface area contributed by atoms with Gasteiger partial charge in [0.15, 0.2) is 0 Å². The first kappa shape index (κ1) is 16.4. The predicted molar refractivity (Wildman–Crippen MR) is 90.6 cm³/mol. The highest BCUT2D eigenvalue weighted by Crippen LogP contribution is 2.38. The van der Waals surface area contributed by atoms with Crippen LogP contribution in [0.25, 0.3) is 0 Å². The fraction of sp³-hybridized carbons (Fsp3) is 0.588. The SMILES string of the molecule is CC(C)(C)[C@@H](N)C(=O)Nc1ccccc1SC1CCCC1. The van der Waals surface area contributed by atoms with E-state index in [4.69, 9.17) is 5.73 Å². The van der Waals surface area contributed by atoms with Gasteiger partial charge >= 0.3 is 0 Å². The molecule has 0 aliphatic heterocycles. The number of hydrogen-bond acceptors (Lipinski definition) is 3. The predicted octanol–water partition coefficient (Wildman–Crippen LogP) is 4.03. The Labute approximate surface area is 132 Å². The van der Waals surface area contributed by atoms with Crippen LogP contribution in [0.15, 0.2) is 29.2 Å². The van der Waals surface area contributed by atoms with Crippen molar-refractivity contribution in [1.82, 2.24) is 0 Å². The number of nitrogens with one attached hydrogen (secondary N) is 1. The maximum atomic E-state index is 12.3. The lowest BCUT2D eigenvalue weighted by molar-refractivity contribution is -0.119. The summed E-state index contributed by atoms with van der Waals surface area (Å²) in [5.74, 6) is -0.109. The van der Waals surface area contributed by atoms with Crippen molar-refractivity contribution in [3.8, 4) is 0 Å². The van der Waals surface area contributed by atoms with E-state index in [1.54, 1.807) is 0 Å². The number of thioether (sulfide) groups is 1. The zero-order chi connectivity index (χ0) is 15.5. The molecule has 1 atom stereocenters. The first-order chi connectivity index (χ1) is 9.88. The van der Waals surface area contributed by atoms with Crippen LogP contribution in [0.5, 0.6) is 0 Å². The summed E-state index contributed by atoms with van der Waals surface area (Å²) >= 11 is 1.88. The molecule has 1 amide bonds. The van der Waals surface area contributed by atoms with Gasteiger partial charge in [-0.1, -0.05) is 45.7 Å². The molecule has 3 nitrogen and oxygen atoms in total. The van der Waals surface area contributed by atoms with Crippen LogP contribution >= 0.6 is 11.8 Å². The van der Waals surface area contributed by atoms with Crippen LogP contribution in [-0.4, -0.2) is 17.2 Å². The zero-order valence-corrected chi connectivity index (χ0v) is 14.0. The first-order valence-electron chi connectivity index (χ1n) is 7.70. The fourth-order valence-corrected chi connectivity index (χ4v) is 3.79. The van der Waals surface area contributed by atoms with Gasteiger partial charge in [0.1, 0.15) is 0 Å². The number of para-hydroxylation sites is 1. The molecule has 3 N–H and O–H groups in total. The van der Waals surface area contributed by atoms with Crippen LogP contribution in [0.3, 0.4) is 0 Å². The van der Waals surface area contributed by atoms with Crippen molar-refractivity contribution >= 4 is 23.4 Å². The van der Waals surface area contributed by atoms with Gasteiger partial charge in [-0.3, -0.25) is 4.79 Å². The van der Waals surface area contributed by atoms with E-state index in [9.17, 15) is 4.79 Å². The van der Waals surface area contributed by atoms with E-state index >= 15 is 0 Å². The largest absolute Gasteiger partial charge is 0.324 e. The van der Waals surface area contributed by atoms with Gasteiger partial charge in [0, 0.05) is 10.1 Å². The van der Waals surface area contributed by atoms with E-state index in [0.717, 1.165) is 10.6 Å². The number of carbonyl (C=O) groups excluding carboxylic acids is 1. The highest BCUT2D eigenvalue weighted by molar-refractivity contribution is 8.00. The van der Waals surface area contributed by atoms with Gasteiger partial charge in [-0.2, -0.15) is 0 Å². The highest BCUT2D eigenvalue weighted by atomic mass is 32.2. The number of carbonyl (C=O) groups is 1. The molecule has 116 valence electrons. The van der Waals surface area contributed by atoms with E-state index in [0.29, 0.717) is 5.25 Å². The summed E-state index contributed by atoms with van der Waals surface area (Å²) in [5.41, 5.74) is 6.69. The molecule has 0 bridgehead atoms. The Balaban J connectivity index is 2.07. The van der Waals surface area contributed by atoms with Gasteiger partial charge in [-0.25, -0.2) is 0 Å². The third-order valence-corrected chi connectivity index (χ3v) is 5.37. The van der Waals surface area contributed by atoms with Gasteiger partial charge in [0.05, 0.1) is 11.7 Å². The lowest BCUT2D eigenvalue weighted by Gasteiger charge is -2.26. The molecule has 0 radical (unpaired) electrons.